The van der Waals surface area contributed by atoms with E-state index in [4.69, 9.17) is 4.74 Å². The highest BCUT2D eigenvalue weighted by Crippen LogP contribution is 2.17. The topological polar surface area (TPSA) is 79.5 Å². The van der Waals surface area contributed by atoms with Gasteiger partial charge < -0.3 is 20.7 Å². The maximum Gasteiger partial charge on any atom is 0.243 e. The Morgan fingerprint density at radius 1 is 0.917 bits per heavy atom. The molecule has 2 aromatic carbocycles. The van der Waals surface area contributed by atoms with Crippen molar-refractivity contribution in [2.24, 2.45) is 0 Å². The summed E-state index contributed by atoms with van der Waals surface area (Å²) in [6, 6.07) is 14.4. The van der Waals surface area contributed by atoms with Crippen molar-refractivity contribution in [2.45, 2.75) is 13.3 Å². The minimum Gasteiger partial charge on any atom is -0.497 e. The zero-order valence-electron chi connectivity index (χ0n) is 13.8. The first-order valence-corrected chi connectivity index (χ1v) is 7.68. The number of hydrogen-bond acceptors (Lipinski definition) is 4. The van der Waals surface area contributed by atoms with Crippen LogP contribution in [-0.2, 0) is 9.59 Å². The maximum absolute atomic E-state index is 12.0. The van der Waals surface area contributed by atoms with Crippen LogP contribution in [0, 0.1) is 0 Å². The highest BCUT2D eigenvalue weighted by atomic mass is 16.5. The molecule has 0 aliphatic rings. The van der Waals surface area contributed by atoms with Gasteiger partial charge in [-0.3, -0.25) is 9.59 Å². The molecule has 0 bridgehead atoms. The number of amides is 2. The van der Waals surface area contributed by atoms with Crippen molar-refractivity contribution < 1.29 is 14.3 Å². The number of carbonyl (C=O) groups excluding carboxylic acids is 2. The highest BCUT2D eigenvalue weighted by Gasteiger charge is 2.04. The monoisotopic (exact) mass is 327 g/mol. The van der Waals surface area contributed by atoms with Crippen LogP contribution in [0.25, 0.3) is 0 Å². The molecule has 0 radical (unpaired) electrons. The van der Waals surface area contributed by atoms with Crippen LogP contribution >= 0.6 is 0 Å². The van der Waals surface area contributed by atoms with E-state index in [0.717, 1.165) is 11.4 Å². The Bertz CT molecular complexity index is 699. The summed E-state index contributed by atoms with van der Waals surface area (Å²) in [5.74, 6) is 0.516. The van der Waals surface area contributed by atoms with Gasteiger partial charge in [-0.15, -0.1) is 0 Å². The lowest BCUT2D eigenvalue weighted by molar-refractivity contribution is -0.116. The lowest BCUT2D eigenvalue weighted by atomic mass is 10.2. The predicted octanol–water partition coefficient (Wildman–Crippen LogP) is 3.09. The van der Waals surface area contributed by atoms with E-state index in [1.807, 2.05) is 24.3 Å². The summed E-state index contributed by atoms with van der Waals surface area (Å²) in [5, 5.41) is 8.58. The number of ether oxygens (including phenoxy) is 1. The molecular weight excluding hydrogens is 306 g/mol. The van der Waals surface area contributed by atoms with Crippen LogP contribution in [0.15, 0.2) is 48.5 Å². The van der Waals surface area contributed by atoms with Gasteiger partial charge in [-0.25, -0.2) is 0 Å². The number of nitrogens with one attached hydrogen (secondary N) is 3. The lowest BCUT2D eigenvalue weighted by Crippen LogP contribution is -2.21. The molecular formula is C18H21N3O3. The summed E-state index contributed by atoms with van der Waals surface area (Å²) in [6.07, 6.45) is 0.425. The van der Waals surface area contributed by atoms with E-state index in [-0.39, 0.29) is 18.4 Å². The minimum absolute atomic E-state index is 0.0470. The SMILES string of the molecule is CCC(=O)Nc1ccc(NC(=O)CNc2cccc(OC)c2)cc1. The third kappa shape index (κ3) is 5.31. The summed E-state index contributed by atoms with van der Waals surface area (Å²) in [7, 11) is 1.60. The van der Waals surface area contributed by atoms with Crippen molar-refractivity contribution in [2.75, 3.05) is 29.6 Å². The number of anilines is 3. The molecule has 24 heavy (non-hydrogen) atoms. The molecule has 0 aliphatic carbocycles. The second-order valence-corrected chi connectivity index (χ2v) is 5.11. The van der Waals surface area contributed by atoms with Gasteiger partial charge in [0.2, 0.25) is 11.8 Å². The van der Waals surface area contributed by atoms with E-state index in [2.05, 4.69) is 16.0 Å². The van der Waals surface area contributed by atoms with Crippen LogP contribution in [0.5, 0.6) is 5.75 Å². The average Bonchev–Trinajstić information content (AvgIpc) is 2.61. The molecule has 0 spiro atoms. The molecule has 0 fully saturated rings. The fraction of sp³-hybridized carbons (Fsp3) is 0.222. The Morgan fingerprint density at radius 2 is 1.54 bits per heavy atom. The van der Waals surface area contributed by atoms with Crippen LogP contribution in [0.4, 0.5) is 17.1 Å². The van der Waals surface area contributed by atoms with Crippen molar-refractivity contribution in [1.82, 2.24) is 0 Å². The van der Waals surface area contributed by atoms with Gasteiger partial charge in [0.25, 0.3) is 0 Å². The first-order valence-electron chi connectivity index (χ1n) is 7.68. The lowest BCUT2D eigenvalue weighted by Gasteiger charge is -2.10. The Hall–Kier alpha value is -3.02. The van der Waals surface area contributed by atoms with Gasteiger partial charge in [-0.1, -0.05) is 13.0 Å². The van der Waals surface area contributed by atoms with E-state index in [0.29, 0.717) is 17.8 Å². The quantitative estimate of drug-likeness (QED) is 0.730. The minimum atomic E-state index is -0.164. The van der Waals surface area contributed by atoms with Crippen LogP contribution in [-0.4, -0.2) is 25.5 Å². The van der Waals surface area contributed by atoms with Crippen LogP contribution in [0.1, 0.15) is 13.3 Å². The number of rotatable bonds is 7. The molecule has 2 rings (SSSR count). The smallest absolute Gasteiger partial charge is 0.243 e. The molecule has 0 saturated carbocycles. The number of carbonyl (C=O) groups is 2. The second-order valence-electron chi connectivity index (χ2n) is 5.11. The number of hydrogen-bond donors (Lipinski definition) is 3. The van der Waals surface area contributed by atoms with Gasteiger partial charge in [0, 0.05) is 29.5 Å². The van der Waals surface area contributed by atoms with E-state index in [1.54, 1.807) is 38.3 Å². The largest absolute Gasteiger partial charge is 0.497 e. The van der Waals surface area contributed by atoms with Crippen molar-refractivity contribution >= 4 is 28.9 Å². The Morgan fingerprint density at radius 3 is 2.12 bits per heavy atom. The van der Waals surface area contributed by atoms with Crippen LogP contribution < -0.4 is 20.7 Å². The molecule has 126 valence electrons. The molecule has 0 saturated heterocycles. The molecule has 0 aromatic heterocycles. The third-order valence-electron chi connectivity index (χ3n) is 3.30. The van der Waals surface area contributed by atoms with E-state index < -0.39 is 0 Å². The van der Waals surface area contributed by atoms with Crippen molar-refractivity contribution in [3.63, 3.8) is 0 Å². The van der Waals surface area contributed by atoms with Gasteiger partial charge in [-0.05, 0) is 36.4 Å². The zero-order chi connectivity index (χ0) is 17.4. The molecule has 2 amide bonds. The van der Waals surface area contributed by atoms with Crippen LogP contribution in [0.3, 0.4) is 0 Å². The van der Waals surface area contributed by atoms with E-state index >= 15 is 0 Å². The number of methoxy groups -OCH3 is 1. The Kier molecular flexibility index (Phi) is 6.19. The second kappa shape index (κ2) is 8.57. The summed E-state index contributed by atoms with van der Waals surface area (Å²) < 4.78 is 5.13. The van der Waals surface area contributed by atoms with Gasteiger partial charge in [0.15, 0.2) is 0 Å². The molecule has 0 atom stereocenters. The van der Waals surface area contributed by atoms with Crippen LogP contribution in [0.2, 0.25) is 0 Å². The molecule has 6 heteroatoms. The number of benzene rings is 2. The Labute approximate surface area is 141 Å². The summed E-state index contributed by atoms with van der Waals surface area (Å²) in [5.41, 5.74) is 2.18. The molecule has 2 aromatic rings. The molecule has 0 heterocycles. The summed E-state index contributed by atoms with van der Waals surface area (Å²) >= 11 is 0. The molecule has 0 unspecified atom stereocenters. The van der Waals surface area contributed by atoms with Gasteiger partial charge in [-0.2, -0.15) is 0 Å². The summed E-state index contributed by atoms with van der Waals surface area (Å²) in [4.78, 5) is 23.3. The highest BCUT2D eigenvalue weighted by molar-refractivity contribution is 5.94. The molecule has 0 aliphatic heterocycles. The molecule has 3 N–H and O–H groups in total. The van der Waals surface area contributed by atoms with Crippen molar-refractivity contribution in [3.05, 3.63) is 48.5 Å². The van der Waals surface area contributed by atoms with Crippen molar-refractivity contribution in [3.8, 4) is 5.75 Å². The maximum atomic E-state index is 12.0. The average molecular weight is 327 g/mol. The van der Waals surface area contributed by atoms with Gasteiger partial charge in [0.1, 0.15) is 5.75 Å². The zero-order valence-corrected chi connectivity index (χ0v) is 13.8. The molecule has 6 nitrogen and oxygen atoms in total. The normalized spacial score (nSPS) is 9.92. The Balaban J connectivity index is 1.84. The van der Waals surface area contributed by atoms with E-state index in [9.17, 15) is 9.59 Å². The summed E-state index contributed by atoms with van der Waals surface area (Å²) in [6.45, 7) is 1.93. The first-order chi connectivity index (χ1) is 11.6. The first kappa shape index (κ1) is 17.3. The van der Waals surface area contributed by atoms with Gasteiger partial charge >= 0.3 is 0 Å². The fourth-order valence-corrected chi connectivity index (χ4v) is 2.01. The van der Waals surface area contributed by atoms with E-state index in [1.165, 1.54) is 0 Å². The third-order valence-corrected chi connectivity index (χ3v) is 3.30. The predicted molar refractivity (Wildman–Crippen MR) is 95.5 cm³/mol. The fourth-order valence-electron chi connectivity index (χ4n) is 2.01. The standard InChI is InChI=1S/C18H21N3O3/c1-3-17(22)20-13-7-9-14(10-8-13)21-18(23)12-19-15-5-4-6-16(11-15)24-2/h4-11,19H,3,12H2,1-2H3,(H,20,22)(H,21,23). The van der Waals surface area contributed by atoms with Gasteiger partial charge in [0.05, 0.1) is 13.7 Å². The van der Waals surface area contributed by atoms with Crippen molar-refractivity contribution in [1.29, 1.82) is 0 Å².